The minimum atomic E-state index is -2.52. The molecule has 1 aliphatic heterocycles. The van der Waals surface area contributed by atoms with Crippen LogP contribution in [0.25, 0.3) is 0 Å². The molecule has 442 valence electrons. The zero-order valence-corrected chi connectivity index (χ0v) is 44.5. The Kier molecular flexibility index (Phi) is 33.5. The van der Waals surface area contributed by atoms with E-state index in [-0.39, 0.29) is 32.4 Å². The number of carboxylic acids is 1. The molecule has 1 saturated heterocycles. The summed E-state index contributed by atoms with van der Waals surface area (Å²) in [7, 11) is 0. The number of nitrogens with zero attached hydrogens (tertiary/aromatic N) is 2. The molecule has 0 aromatic rings. The van der Waals surface area contributed by atoms with Crippen molar-refractivity contribution >= 4 is 70.9 Å². The minimum absolute atomic E-state index is 0.0233. The van der Waals surface area contributed by atoms with Gasteiger partial charge in [0.1, 0.15) is 48.0 Å². The number of carbonyl (C=O) groups excluding carboxylic acids is 11. The first-order chi connectivity index (χ1) is 37.0. The lowest BCUT2D eigenvalue weighted by atomic mass is 10.0. The van der Waals surface area contributed by atoms with E-state index >= 15 is 0 Å². The molecule has 0 saturated carbocycles. The highest BCUT2D eigenvalue weighted by Gasteiger charge is 2.38. The Hall–Kier alpha value is -6.86. The molecule has 11 amide bonds. The summed E-state index contributed by atoms with van der Waals surface area (Å²) < 4.78 is 0. The van der Waals surface area contributed by atoms with E-state index in [4.69, 9.17) is 5.73 Å². The predicted octanol–water partition coefficient (Wildman–Crippen LogP) is -4.18. The fourth-order valence-electron chi connectivity index (χ4n) is 7.69. The number of aliphatic carboxylic acids is 1. The van der Waals surface area contributed by atoms with Crippen molar-refractivity contribution in [1.82, 2.24) is 52.7 Å². The maximum Gasteiger partial charge on any atom is 0.335 e. The summed E-state index contributed by atoms with van der Waals surface area (Å²) in [6.07, 6.45) is 7.94. The van der Waals surface area contributed by atoms with Crippen LogP contribution in [0, 0.1) is 0 Å². The molecule has 0 bridgehead atoms. The van der Waals surface area contributed by atoms with Crippen LogP contribution < -0.4 is 48.3 Å². The lowest BCUT2D eigenvalue weighted by molar-refractivity contribution is -0.173. The van der Waals surface area contributed by atoms with Crippen LogP contribution in [-0.4, -0.2) is 198 Å². The molecule has 17 N–H and O–H groups in total. The number of carbonyl (C=O) groups is 12. The number of piperidine rings is 1. The number of amides is 11. The molecule has 8 atom stereocenters. The van der Waals surface area contributed by atoms with E-state index < -0.39 is 164 Å². The van der Waals surface area contributed by atoms with Crippen molar-refractivity contribution in [2.45, 2.75) is 185 Å². The highest BCUT2D eigenvalue weighted by molar-refractivity contribution is 6.02. The average Bonchev–Trinajstić information content (AvgIpc) is 3.40. The second-order valence-corrected chi connectivity index (χ2v) is 18.6. The largest absolute Gasteiger partial charge is 0.479 e. The highest BCUT2D eigenvalue weighted by atomic mass is 16.5. The molecule has 0 spiro atoms. The van der Waals surface area contributed by atoms with Crippen LogP contribution in [0.5, 0.6) is 0 Å². The number of hydrogen-bond donors (Lipinski definition) is 16. The monoisotopic (exact) mass is 1120 g/mol. The molecular weight excluding hydrogens is 1030 g/mol. The van der Waals surface area contributed by atoms with Gasteiger partial charge in [0.25, 0.3) is 11.8 Å². The summed E-state index contributed by atoms with van der Waals surface area (Å²) in [4.78, 5) is 154. The van der Waals surface area contributed by atoms with Crippen LogP contribution in [0.1, 0.15) is 136 Å². The van der Waals surface area contributed by atoms with E-state index in [0.29, 0.717) is 29.4 Å². The van der Waals surface area contributed by atoms with Gasteiger partial charge in [0, 0.05) is 32.9 Å². The average molecular weight is 1120 g/mol. The number of rotatable bonds is 39. The zero-order valence-electron chi connectivity index (χ0n) is 44.5. The number of carboxylic acid groups (broad SMARTS) is 1. The van der Waals surface area contributed by atoms with Crippen molar-refractivity contribution in [2.75, 3.05) is 32.9 Å². The third-order valence-electron chi connectivity index (χ3n) is 12.3. The maximum absolute atomic E-state index is 13.7. The molecule has 78 heavy (non-hydrogen) atoms. The molecule has 1 rings (SSSR count). The van der Waals surface area contributed by atoms with Gasteiger partial charge in [-0.2, -0.15) is 0 Å². The van der Waals surface area contributed by atoms with Crippen LogP contribution >= 0.6 is 0 Å². The fourth-order valence-corrected chi connectivity index (χ4v) is 7.69. The van der Waals surface area contributed by atoms with Gasteiger partial charge in [-0.3, -0.25) is 63.2 Å². The SMILES string of the molecule is CC=C(NC(=O)C(CCCN(O)C(C)=O)NC(=O)C(CO)NC(=O)C(CCC(N)=O)NC(=O)C(CO)NC(=O)C(NC(=O)CCCCCCCCCCCCC)C(O)C(=O)O)C(=O)NC(CO)C(=O)NC1CCCN(O)C1=O. The van der Waals surface area contributed by atoms with Crippen LogP contribution in [-0.2, 0) is 57.5 Å². The van der Waals surface area contributed by atoms with Gasteiger partial charge in [-0.15, -0.1) is 0 Å². The molecule has 0 aliphatic carbocycles. The molecule has 0 aromatic carbocycles. The van der Waals surface area contributed by atoms with Crippen LogP contribution in [0.3, 0.4) is 0 Å². The van der Waals surface area contributed by atoms with Crippen LogP contribution in [0.2, 0.25) is 0 Å². The molecule has 30 nitrogen and oxygen atoms in total. The van der Waals surface area contributed by atoms with E-state index in [0.717, 1.165) is 51.5 Å². The molecule has 0 aromatic heterocycles. The topological polar surface area (TPSA) is 475 Å². The van der Waals surface area contributed by atoms with Crippen molar-refractivity contribution in [3.8, 4) is 0 Å². The number of primary amides is 1. The van der Waals surface area contributed by atoms with Gasteiger partial charge >= 0.3 is 5.97 Å². The Morgan fingerprint density at radius 2 is 1.15 bits per heavy atom. The normalized spacial score (nSPS) is 16.1. The van der Waals surface area contributed by atoms with Crippen LogP contribution in [0.4, 0.5) is 0 Å². The van der Waals surface area contributed by atoms with Crippen molar-refractivity contribution in [2.24, 2.45) is 5.73 Å². The number of aliphatic hydroxyl groups excluding tert-OH is 4. The third kappa shape index (κ3) is 26.0. The van der Waals surface area contributed by atoms with E-state index in [9.17, 15) is 93.5 Å². The van der Waals surface area contributed by atoms with Gasteiger partial charge in [0.2, 0.25) is 53.2 Å². The second-order valence-electron chi connectivity index (χ2n) is 18.6. The molecular formula is C48H81N11O19. The minimum Gasteiger partial charge on any atom is -0.479 e. The van der Waals surface area contributed by atoms with Crippen molar-refractivity contribution < 1.29 is 93.5 Å². The summed E-state index contributed by atoms with van der Waals surface area (Å²) >= 11 is 0. The Morgan fingerprint density at radius 1 is 0.667 bits per heavy atom. The maximum atomic E-state index is 13.7. The smallest absolute Gasteiger partial charge is 0.335 e. The first kappa shape index (κ1) is 69.2. The molecule has 1 heterocycles. The summed E-state index contributed by atoms with van der Waals surface area (Å²) in [5.41, 5.74) is 4.73. The van der Waals surface area contributed by atoms with Gasteiger partial charge in [-0.25, -0.2) is 14.9 Å². The number of nitrogens with one attached hydrogen (secondary N) is 8. The Bertz CT molecular complexity index is 2060. The van der Waals surface area contributed by atoms with Crippen molar-refractivity contribution in [3.05, 3.63) is 11.8 Å². The Balaban J connectivity index is 3.18. The summed E-state index contributed by atoms with van der Waals surface area (Å²) in [5, 5.41) is 87.8. The quantitative estimate of drug-likeness (QED) is 0.0120. The number of aliphatic hydroxyl groups is 4. The van der Waals surface area contributed by atoms with E-state index in [1.807, 2.05) is 5.32 Å². The lowest BCUT2D eigenvalue weighted by Crippen LogP contribution is -2.62. The first-order valence-corrected chi connectivity index (χ1v) is 26.0. The standard InChI is InChI=1S/C48H81N11O19/c1-4-6-7-8-9-10-11-12-13-14-15-20-37(65)57-38(39(66)48(75)76)46(73)56-35(27-62)44(71)52-31(21-22-36(49)64)42(69)55-33(25-60)43(70)51-30(18-16-23-58(77)28(3)63)41(68)50-29(5-2)40(67)54-34(26-61)45(72)53-32-19-17-24-59(78)47(32)74/h5,30-35,38-39,60-62,66,77-78H,4,6-27H2,1-3H3,(H2,49,64)(H,50,68)(H,51,70)(H,52,71)(H,53,72)(H,54,67)(H,55,69)(H,56,73)(H,57,65)(H,75,76). The zero-order chi connectivity index (χ0) is 58.9. The molecule has 1 aliphatic rings. The molecule has 1 fully saturated rings. The molecule has 8 unspecified atom stereocenters. The molecule has 30 heteroatoms. The summed E-state index contributed by atoms with van der Waals surface area (Å²) in [5.74, 6) is -14.0. The van der Waals surface area contributed by atoms with E-state index in [2.05, 4.69) is 44.1 Å². The Morgan fingerprint density at radius 3 is 1.65 bits per heavy atom. The van der Waals surface area contributed by atoms with Crippen molar-refractivity contribution in [1.29, 1.82) is 0 Å². The van der Waals surface area contributed by atoms with Gasteiger partial charge in [0.05, 0.1) is 19.8 Å². The summed E-state index contributed by atoms with van der Waals surface area (Å²) in [6, 6.07) is -12.5. The third-order valence-corrected chi connectivity index (χ3v) is 12.3. The number of hydrogen-bond acceptors (Lipinski definition) is 18. The predicted molar refractivity (Wildman–Crippen MR) is 271 cm³/mol. The Labute approximate surface area is 451 Å². The fraction of sp³-hybridized carbons (Fsp3) is 0.708. The van der Waals surface area contributed by atoms with Gasteiger partial charge in [-0.05, 0) is 45.4 Å². The van der Waals surface area contributed by atoms with Gasteiger partial charge in [0.15, 0.2) is 6.10 Å². The van der Waals surface area contributed by atoms with Crippen molar-refractivity contribution in [3.63, 3.8) is 0 Å². The van der Waals surface area contributed by atoms with E-state index in [1.54, 1.807) is 0 Å². The highest BCUT2D eigenvalue weighted by Crippen LogP contribution is 2.13. The number of hydroxylamine groups is 4. The number of nitrogens with two attached hydrogens (primary N) is 1. The lowest BCUT2D eigenvalue weighted by Gasteiger charge is -2.29. The number of unbranched alkanes of at least 4 members (excludes halogenated alkanes) is 10. The second kappa shape index (κ2) is 37.8. The van der Waals surface area contributed by atoms with Crippen LogP contribution in [0.15, 0.2) is 11.8 Å². The molecule has 0 radical (unpaired) electrons. The van der Waals surface area contributed by atoms with Gasteiger partial charge in [-0.1, -0.05) is 77.2 Å². The first-order valence-electron chi connectivity index (χ1n) is 26.0. The summed E-state index contributed by atoms with van der Waals surface area (Å²) in [6.45, 7) is 0.699. The number of allylic oxidation sites excluding steroid dienone is 1. The van der Waals surface area contributed by atoms with Gasteiger partial charge < -0.3 is 73.8 Å². The van der Waals surface area contributed by atoms with E-state index in [1.165, 1.54) is 26.2 Å².